The Bertz CT molecular complexity index is 947. The van der Waals surface area contributed by atoms with Crippen molar-refractivity contribution in [2.24, 2.45) is 0 Å². The lowest BCUT2D eigenvalue weighted by Crippen LogP contribution is -2.43. The molecule has 3 N–H and O–H groups in total. The van der Waals surface area contributed by atoms with Gasteiger partial charge in [-0.2, -0.15) is 0 Å². The Balaban J connectivity index is 1.66. The van der Waals surface area contributed by atoms with Crippen LogP contribution >= 0.6 is 0 Å². The summed E-state index contributed by atoms with van der Waals surface area (Å²) in [7, 11) is 0. The number of nitro benzene ring substituents is 1. The van der Waals surface area contributed by atoms with Crippen molar-refractivity contribution in [2.75, 3.05) is 11.9 Å². The summed E-state index contributed by atoms with van der Waals surface area (Å²) in [6.07, 6.45) is -0.543. The van der Waals surface area contributed by atoms with Crippen molar-refractivity contribution in [1.29, 1.82) is 0 Å². The van der Waals surface area contributed by atoms with Gasteiger partial charge in [0, 0.05) is 29.8 Å². The summed E-state index contributed by atoms with van der Waals surface area (Å²) in [5.41, 5.74) is 4.64. The maximum absolute atomic E-state index is 11.8. The molecule has 0 atom stereocenters. The fourth-order valence-corrected chi connectivity index (χ4v) is 2.18. The van der Waals surface area contributed by atoms with E-state index in [1.54, 1.807) is 30.3 Å². The topological polar surface area (TPSA) is 157 Å². The number of anilines is 1. The summed E-state index contributed by atoms with van der Waals surface area (Å²) in [4.78, 5) is 57.0. The molecule has 156 valence electrons. The molecular weight excluding hydrogens is 396 g/mol. The number of benzene rings is 2. The predicted molar refractivity (Wildman–Crippen MR) is 104 cm³/mol. The second kappa shape index (κ2) is 10.9. The second-order valence-electron chi connectivity index (χ2n) is 5.88. The average Bonchev–Trinajstić information content (AvgIpc) is 2.75. The maximum atomic E-state index is 11.8. The average molecular weight is 414 g/mol. The SMILES string of the molecule is O=C(COC(=O)CCC(=O)Nc1cccc([N+](=O)[O-])c1)NNC(=O)c1ccccc1. The molecule has 0 heterocycles. The maximum Gasteiger partial charge on any atom is 0.306 e. The number of nitrogens with zero attached hydrogens (tertiary/aromatic N) is 1. The number of amides is 3. The van der Waals surface area contributed by atoms with Crippen LogP contribution in [-0.4, -0.2) is 35.2 Å². The molecule has 0 aromatic heterocycles. The van der Waals surface area contributed by atoms with Gasteiger partial charge in [-0.05, 0) is 18.2 Å². The van der Waals surface area contributed by atoms with E-state index in [0.717, 1.165) is 0 Å². The fraction of sp³-hybridized carbons (Fsp3) is 0.158. The molecule has 2 rings (SSSR count). The molecule has 0 aliphatic heterocycles. The van der Waals surface area contributed by atoms with Gasteiger partial charge in [0.15, 0.2) is 6.61 Å². The molecule has 0 spiro atoms. The molecule has 0 fully saturated rings. The molecule has 0 saturated carbocycles. The molecule has 3 amide bonds. The summed E-state index contributed by atoms with van der Waals surface area (Å²) >= 11 is 0. The van der Waals surface area contributed by atoms with Gasteiger partial charge in [0.05, 0.1) is 11.3 Å². The Morgan fingerprint density at radius 1 is 0.900 bits per heavy atom. The molecular formula is C19H18N4O7. The third-order valence-corrected chi connectivity index (χ3v) is 3.61. The van der Waals surface area contributed by atoms with Crippen LogP contribution in [0.25, 0.3) is 0 Å². The third kappa shape index (κ3) is 7.38. The van der Waals surface area contributed by atoms with E-state index < -0.39 is 35.2 Å². The van der Waals surface area contributed by atoms with Crippen LogP contribution in [0.4, 0.5) is 11.4 Å². The predicted octanol–water partition coefficient (Wildman–Crippen LogP) is 1.32. The van der Waals surface area contributed by atoms with Crippen molar-refractivity contribution in [3.05, 3.63) is 70.3 Å². The molecule has 11 heteroatoms. The normalized spacial score (nSPS) is 9.87. The first-order valence-electron chi connectivity index (χ1n) is 8.69. The first kappa shape index (κ1) is 22.0. The van der Waals surface area contributed by atoms with Crippen LogP contribution in [-0.2, 0) is 19.1 Å². The van der Waals surface area contributed by atoms with Gasteiger partial charge in [0.2, 0.25) is 5.91 Å². The molecule has 2 aromatic carbocycles. The van der Waals surface area contributed by atoms with Gasteiger partial charge >= 0.3 is 5.97 Å². The summed E-state index contributed by atoms with van der Waals surface area (Å²) < 4.78 is 4.72. The Labute approximate surface area is 170 Å². The molecule has 0 aliphatic rings. The summed E-state index contributed by atoms with van der Waals surface area (Å²) in [6, 6.07) is 13.5. The van der Waals surface area contributed by atoms with E-state index in [4.69, 9.17) is 4.74 Å². The summed E-state index contributed by atoms with van der Waals surface area (Å²) in [5, 5.41) is 13.1. The van der Waals surface area contributed by atoms with Crippen LogP contribution < -0.4 is 16.2 Å². The molecule has 0 bridgehead atoms. The van der Waals surface area contributed by atoms with Gasteiger partial charge in [-0.3, -0.25) is 40.1 Å². The van der Waals surface area contributed by atoms with Gasteiger partial charge in [0.1, 0.15) is 0 Å². The zero-order valence-electron chi connectivity index (χ0n) is 15.6. The van der Waals surface area contributed by atoms with E-state index in [1.165, 1.54) is 24.3 Å². The van der Waals surface area contributed by atoms with Crippen LogP contribution in [0, 0.1) is 10.1 Å². The number of rotatable bonds is 8. The molecule has 0 radical (unpaired) electrons. The van der Waals surface area contributed by atoms with E-state index in [2.05, 4.69) is 16.2 Å². The number of ether oxygens (including phenoxy) is 1. The monoisotopic (exact) mass is 414 g/mol. The van der Waals surface area contributed by atoms with E-state index in [9.17, 15) is 29.3 Å². The first-order valence-corrected chi connectivity index (χ1v) is 8.69. The number of carbonyl (C=O) groups excluding carboxylic acids is 4. The van der Waals surface area contributed by atoms with E-state index in [1.807, 2.05) is 0 Å². The fourth-order valence-electron chi connectivity index (χ4n) is 2.18. The quantitative estimate of drug-likeness (QED) is 0.334. The van der Waals surface area contributed by atoms with E-state index in [0.29, 0.717) is 5.56 Å². The molecule has 11 nitrogen and oxygen atoms in total. The minimum atomic E-state index is -0.797. The van der Waals surface area contributed by atoms with Crippen LogP contribution in [0.15, 0.2) is 54.6 Å². The van der Waals surface area contributed by atoms with Crippen LogP contribution in [0.3, 0.4) is 0 Å². The highest BCUT2D eigenvalue weighted by molar-refractivity contribution is 5.95. The lowest BCUT2D eigenvalue weighted by molar-refractivity contribution is -0.384. The Kier molecular flexibility index (Phi) is 8.00. The zero-order valence-corrected chi connectivity index (χ0v) is 15.6. The minimum Gasteiger partial charge on any atom is -0.455 e. The molecule has 0 aliphatic carbocycles. The van der Waals surface area contributed by atoms with Crippen molar-refractivity contribution >= 4 is 35.1 Å². The van der Waals surface area contributed by atoms with E-state index >= 15 is 0 Å². The Morgan fingerprint density at radius 3 is 2.33 bits per heavy atom. The van der Waals surface area contributed by atoms with Gasteiger partial charge in [-0.15, -0.1) is 0 Å². The standard InChI is InChI=1S/C19H18N4O7/c24-16(20-14-7-4-8-15(11-14)23(28)29)9-10-18(26)30-12-17(25)21-22-19(27)13-5-2-1-3-6-13/h1-8,11H,9-10,12H2,(H,20,24)(H,21,25)(H,22,27). The van der Waals surface area contributed by atoms with E-state index in [-0.39, 0.29) is 24.2 Å². The number of non-ortho nitro benzene ring substituents is 1. The number of nitrogens with one attached hydrogen (secondary N) is 3. The van der Waals surface area contributed by atoms with Crippen molar-refractivity contribution < 1.29 is 28.8 Å². The highest BCUT2D eigenvalue weighted by Gasteiger charge is 2.13. The summed E-state index contributed by atoms with van der Waals surface area (Å²) in [5.74, 6) is -2.64. The lowest BCUT2D eigenvalue weighted by Gasteiger charge is -2.08. The Morgan fingerprint density at radius 2 is 1.63 bits per heavy atom. The number of hydrogen-bond donors (Lipinski definition) is 3. The molecule has 30 heavy (non-hydrogen) atoms. The summed E-state index contributed by atoms with van der Waals surface area (Å²) in [6.45, 7) is -0.638. The van der Waals surface area contributed by atoms with Gasteiger partial charge < -0.3 is 10.1 Å². The number of hydrogen-bond acceptors (Lipinski definition) is 7. The van der Waals surface area contributed by atoms with Crippen molar-refractivity contribution in [2.45, 2.75) is 12.8 Å². The van der Waals surface area contributed by atoms with Gasteiger partial charge in [-0.25, -0.2) is 0 Å². The largest absolute Gasteiger partial charge is 0.455 e. The number of carbonyl (C=O) groups is 4. The Hall–Kier alpha value is -4.28. The molecule has 2 aromatic rings. The number of nitro groups is 1. The first-order chi connectivity index (χ1) is 14.3. The molecule has 0 unspecified atom stereocenters. The highest BCUT2D eigenvalue weighted by Crippen LogP contribution is 2.17. The zero-order chi connectivity index (χ0) is 21.9. The number of hydrazine groups is 1. The van der Waals surface area contributed by atoms with Crippen LogP contribution in [0.5, 0.6) is 0 Å². The van der Waals surface area contributed by atoms with Crippen molar-refractivity contribution in [3.8, 4) is 0 Å². The lowest BCUT2D eigenvalue weighted by atomic mass is 10.2. The van der Waals surface area contributed by atoms with Crippen molar-refractivity contribution in [1.82, 2.24) is 10.9 Å². The smallest absolute Gasteiger partial charge is 0.306 e. The third-order valence-electron chi connectivity index (χ3n) is 3.61. The second-order valence-corrected chi connectivity index (χ2v) is 5.88. The van der Waals surface area contributed by atoms with Gasteiger partial charge in [0.25, 0.3) is 17.5 Å². The van der Waals surface area contributed by atoms with Crippen LogP contribution in [0.2, 0.25) is 0 Å². The van der Waals surface area contributed by atoms with Crippen molar-refractivity contribution in [3.63, 3.8) is 0 Å². The highest BCUT2D eigenvalue weighted by atomic mass is 16.6. The van der Waals surface area contributed by atoms with Crippen LogP contribution in [0.1, 0.15) is 23.2 Å². The molecule has 0 saturated heterocycles. The van der Waals surface area contributed by atoms with Gasteiger partial charge in [-0.1, -0.05) is 24.3 Å². The minimum absolute atomic E-state index is 0.183. The number of esters is 1.